The number of halogens is 3. The van der Waals surface area contributed by atoms with Crippen LogP contribution in [0.3, 0.4) is 0 Å². The zero-order valence-electron chi connectivity index (χ0n) is 19.6. The molecule has 2 aromatic carbocycles. The second-order valence-corrected chi connectivity index (χ2v) is 7.48. The van der Waals surface area contributed by atoms with Crippen molar-refractivity contribution in [3.63, 3.8) is 0 Å². The molecule has 0 atom stereocenters. The molecule has 3 rings (SSSR count). The molecule has 0 aliphatic rings. The first-order valence-corrected chi connectivity index (χ1v) is 11.4. The van der Waals surface area contributed by atoms with E-state index in [9.17, 15) is 13.2 Å². The van der Waals surface area contributed by atoms with Gasteiger partial charge < -0.3 is 30.6 Å². The highest BCUT2D eigenvalue weighted by atomic mass is 19.4. The maximum absolute atomic E-state index is 12.5. The fraction of sp³-hybridized carbons (Fsp3) is 0.375. The van der Waals surface area contributed by atoms with Gasteiger partial charge in [-0.2, -0.15) is 15.0 Å². The third-order valence-corrected chi connectivity index (χ3v) is 4.68. The standard InChI is InChI=1S/C24H29F3N6O3/c25-24(26,27)36-20-8-6-19(7-9-20)21-31-22(29-12-10-18-4-2-1-3-5-18)33-23(32-21)30-13-15-35-17-16-34-14-11-28/h1-9H,10-17,28H2,(H2,29,30,31,32,33). The second-order valence-electron chi connectivity index (χ2n) is 7.48. The van der Waals surface area contributed by atoms with Crippen molar-refractivity contribution in [3.8, 4) is 17.1 Å². The van der Waals surface area contributed by atoms with Crippen molar-refractivity contribution in [2.75, 3.05) is 56.7 Å². The number of nitrogens with one attached hydrogen (secondary N) is 2. The Morgan fingerprint density at radius 3 is 2.03 bits per heavy atom. The summed E-state index contributed by atoms with van der Waals surface area (Å²) in [6.45, 7) is 3.24. The average molecular weight is 507 g/mol. The van der Waals surface area contributed by atoms with Crippen LogP contribution in [0.5, 0.6) is 5.75 Å². The Hall–Kier alpha value is -3.48. The van der Waals surface area contributed by atoms with E-state index in [4.69, 9.17) is 15.2 Å². The number of aromatic nitrogens is 3. The third-order valence-electron chi connectivity index (χ3n) is 4.68. The molecule has 0 spiro atoms. The van der Waals surface area contributed by atoms with Crippen molar-refractivity contribution in [1.82, 2.24) is 15.0 Å². The molecule has 0 radical (unpaired) electrons. The molecule has 3 aromatic rings. The molecule has 36 heavy (non-hydrogen) atoms. The van der Waals surface area contributed by atoms with Crippen LogP contribution in [0.4, 0.5) is 25.1 Å². The molecule has 1 aromatic heterocycles. The minimum Gasteiger partial charge on any atom is -0.406 e. The van der Waals surface area contributed by atoms with Crippen molar-refractivity contribution < 1.29 is 27.4 Å². The quantitative estimate of drug-likeness (QED) is 0.266. The number of rotatable bonds is 15. The average Bonchev–Trinajstić information content (AvgIpc) is 2.86. The first-order valence-electron chi connectivity index (χ1n) is 11.4. The minimum atomic E-state index is -4.76. The number of benzene rings is 2. The molecule has 12 heteroatoms. The van der Waals surface area contributed by atoms with Gasteiger partial charge in [-0.3, -0.25) is 0 Å². The third kappa shape index (κ3) is 10.0. The highest BCUT2D eigenvalue weighted by Gasteiger charge is 2.31. The monoisotopic (exact) mass is 506 g/mol. The molecule has 9 nitrogen and oxygen atoms in total. The van der Waals surface area contributed by atoms with Gasteiger partial charge in [0.1, 0.15) is 5.75 Å². The molecule has 0 saturated heterocycles. The van der Waals surface area contributed by atoms with E-state index in [-0.39, 0.29) is 5.75 Å². The van der Waals surface area contributed by atoms with Gasteiger partial charge in [0.05, 0.1) is 26.4 Å². The van der Waals surface area contributed by atoms with Crippen LogP contribution in [0.2, 0.25) is 0 Å². The van der Waals surface area contributed by atoms with Crippen LogP contribution in [0.15, 0.2) is 54.6 Å². The summed E-state index contributed by atoms with van der Waals surface area (Å²) in [6, 6.07) is 15.3. The summed E-state index contributed by atoms with van der Waals surface area (Å²) < 4.78 is 52.1. The Balaban J connectivity index is 1.64. The largest absolute Gasteiger partial charge is 0.573 e. The molecule has 4 N–H and O–H groups in total. The number of nitrogens with zero attached hydrogens (tertiary/aromatic N) is 3. The van der Waals surface area contributed by atoms with Gasteiger partial charge >= 0.3 is 6.36 Å². The Labute approximate surface area is 207 Å². The van der Waals surface area contributed by atoms with Crippen LogP contribution in [0, 0.1) is 0 Å². The van der Waals surface area contributed by atoms with Gasteiger partial charge in [0.25, 0.3) is 0 Å². The van der Waals surface area contributed by atoms with Crippen LogP contribution in [0.25, 0.3) is 11.4 Å². The van der Waals surface area contributed by atoms with E-state index >= 15 is 0 Å². The van der Waals surface area contributed by atoms with E-state index in [0.717, 1.165) is 12.0 Å². The summed E-state index contributed by atoms with van der Waals surface area (Å²) >= 11 is 0. The number of ether oxygens (including phenoxy) is 3. The van der Waals surface area contributed by atoms with Crippen LogP contribution < -0.4 is 21.1 Å². The summed E-state index contributed by atoms with van der Waals surface area (Å²) in [5.41, 5.74) is 7.03. The lowest BCUT2D eigenvalue weighted by Gasteiger charge is -2.12. The van der Waals surface area contributed by atoms with Crippen molar-refractivity contribution in [2.45, 2.75) is 12.8 Å². The molecule has 0 unspecified atom stereocenters. The molecule has 0 amide bonds. The molecule has 1 heterocycles. The Kier molecular flexibility index (Phi) is 10.7. The lowest BCUT2D eigenvalue weighted by atomic mass is 10.1. The Morgan fingerprint density at radius 1 is 0.750 bits per heavy atom. The first kappa shape index (κ1) is 27.1. The maximum atomic E-state index is 12.5. The second kappa shape index (κ2) is 14.2. The fourth-order valence-electron chi connectivity index (χ4n) is 3.07. The molecular formula is C24H29F3N6O3. The van der Waals surface area contributed by atoms with Crippen LogP contribution in [-0.4, -0.2) is 67.4 Å². The molecular weight excluding hydrogens is 477 g/mol. The van der Waals surface area contributed by atoms with Gasteiger partial charge in [0.2, 0.25) is 11.9 Å². The molecule has 0 fully saturated rings. The summed E-state index contributed by atoms with van der Waals surface area (Å²) in [7, 11) is 0. The van der Waals surface area contributed by atoms with E-state index < -0.39 is 6.36 Å². The number of nitrogens with two attached hydrogens (primary N) is 1. The van der Waals surface area contributed by atoms with Crippen molar-refractivity contribution in [3.05, 3.63) is 60.2 Å². The van der Waals surface area contributed by atoms with Gasteiger partial charge in [0, 0.05) is 25.2 Å². The summed E-state index contributed by atoms with van der Waals surface area (Å²) in [5.74, 6) is 0.614. The molecule has 0 aliphatic heterocycles. The number of hydrogen-bond acceptors (Lipinski definition) is 9. The lowest BCUT2D eigenvalue weighted by molar-refractivity contribution is -0.274. The van der Waals surface area contributed by atoms with Gasteiger partial charge in [-0.15, -0.1) is 13.2 Å². The van der Waals surface area contributed by atoms with Gasteiger partial charge in [-0.1, -0.05) is 30.3 Å². The maximum Gasteiger partial charge on any atom is 0.573 e. The SMILES string of the molecule is NCCOCCOCCNc1nc(NCCc2ccccc2)nc(-c2ccc(OC(F)(F)F)cc2)n1. The summed E-state index contributed by atoms with van der Waals surface area (Å²) in [5, 5.41) is 6.27. The van der Waals surface area contributed by atoms with E-state index in [1.807, 2.05) is 30.3 Å². The van der Waals surface area contributed by atoms with Gasteiger partial charge in [-0.25, -0.2) is 0 Å². The zero-order valence-corrected chi connectivity index (χ0v) is 19.6. The van der Waals surface area contributed by atoms with Crippen molar-refractivity contribution >= 4 is 11.9 Å². The van der Waals surface area contributed by atoms with E-state index in [1.165, 1.54) is 24.3 Å². The molecule has 194 valence electrons. The van der Waals surface area contributed by atoms with Crippen LogP contribution >= 0.6 is 0 Å². The summed E-state index contributed by atoms with van der Waals surface area (Å²) in [6.07, 6.45) is -4.01. The lowest BCUT2D eigenvalue weighted by Crippen LogP contribution is -2.17. The summed E-state index contributed by atoms with van der Waals surface area (Å²) in [4.78, 5) is 13.2. The number of hydrogen-bond donors (Lipinski definition) is 3. The smallest absolute Gasteiger partial charge is 0.406 e. The first-order chi connectivity index (χ1) is 17.4. The zero-order chi connectivity index (χ0) is 25.6. The molecule has 0 aliphatic carbocycles. The number of anilines is 2. The highest BCUT2D eigenvalue weighted by molar-refractivity contribution is 5.59. The fourth-order valence-corrected chi connectivity index (χ4v) is 3.07. The van der Waals surface area contributed by atoms with Gasteiger partial charge in [0.15, 0.2) is 5.82 Å². The Bertz CT molecular complexity index is 1040. The molecule has 0 bridgehead atoms. The van der Waals surface area contributed by atoms with Gasteiger partial charge in [-0.05, 0) is 36.2 Å². The Morgan fingerprint density at radius 2 is 1.39 bits per heavy atom. The van der Waals surface area contributed by atoms with E-state index in [2.05, 4.69) is 30.3 Å². The molecule has 0 saturated carbocycles. The van der Waals surface area contributed by atoms with E-state index in [1.54, 1.807) is 0 Å². The van der Waals surface area contributed by atoms with Crippen LogP contribution in [-0.2, 0) is 15.9 Å². The minimum absolute atomic E-state index is 0.296. The predicted octanol–water partition coefficient (Wildman–Crippen LogP) is 3.50. The highest BCUT2D eigenvalue weighted by Crippen LogP contribution is 2.26. The van der Waals surface area contributed by atoms with Crippen molar-refractivity contribution in [2.24, 2.45) is 5.73 Å². The van der Waals surface area contributed by atoms with Crippen LogP contribution in [0.1, 0.15) is 5.56 Å². The predicted molar refractivity (Wildman–Crippen MR) is 130 cm³/mol. The topological polar surface area (TPSA) is 116 Å². The normalized spacial score (nSPS) is 11.3. The number of alkyl halides is 3. The van der Waals surface area contributed by atoms with E-state index in [0.29, 0.717) is 69.3 Å². The van der Waals surface area contributed by atoms with Crippen molar-refractivity contribution in [1.29, 1.82) is 0 Å².